The first-order valence-electron chi connectivity index (χ1n) is 10.9. The van der Waals surface area contributed by atoms with Gasteiger partial charge in [-0.2, -0.15) is 16.8 Å². The molecule has 0 saturated heterocycles. The molecule has 0 spiro atoms. The molecule has 3 N–H and O–H groups in total. The van der Waals surface area contributed by atoms with Crippen LogP contribution >= 0.6 is 0 Å². The van der Waals surface area contributed by atoms with Crippen LogP contribution in [0.25, 0.3) is 27.6 Å². The first kappa shape index (κ1) is 24.1. The molecule has 0 aliphatic carbocycles. The Hall–Kier alpha value is -3.57. The van der Waals surface area contributed by atoms with Gasteiger partial charge in [-0.1, -0.05) is 66.7 Å². The van der Waals surface area contributed by atoms with Crippen molar-refractivity contribution in [1.29, 1.82) is 0 Å². The van der Waals surface area contributed by atoms with E-state index in [4.69, 9.17) is 0 Å². The molecule has 5 rings (SSSR count). The van der Waals surface area contributed by atoms with Crippen LogP contribution in [0.3, 0.4) is 0 Å². The highest BCUT2D eigenvalue weighted by molar-refractivity contribution is 7.94. The maximum absolute atomic E-state index is 12.9. The molecular weight excluding hydrogens is 500 g/mol. The summed E-state index contributed by atoms with van der Waals surface area (Å²) in [4.78, 5) is 1.13. The SMILES string of the molecule is Cc1ccc2cc(-c3ccccc3)c3c(c2n1)NC(C)(S(=O)(=O)O)C(S(=O)(=O)O)=C3c1ccccc1. The van der Waals surface area contributed by atoms with Crippen molar-refractivity contribution in [3.05, 3.63) is 101 Å². The van der Waals surface area contributed by atoms with Gasteiger partial charge in [-0.05, 0) is 42.7 Å². The number of rotatable bonds is 4. The van der Waals surface area contributed by atoms with E-state index in [2.05, 4.69) is 10.3 Å². The number of benzene rings is 3. The maximum Gasteiger partial charge on any atom is 0.294 e. The predicted molar refractivity (Wildman–Crippen MR) is 140 cm³/mol. The summed E-state index contributed by atoms with van der Waals surface area (Å²) >= 11 is 0. The van der Waals surface area contributed by atoms with Crippen molar-refractivity contribution in [3.8, 4) is 11.1 Å². The molecule has 1 unspecified atom stereocenters. The number of nitrogens with zero attached hydrogens (tertiary/aromatic N) is 1. The zero-order valence-electron chi connectivity index (χ0n) is 19.3. The molecular formula is C26H22N2O6S2. The molecule has 4 aromatic rings. The zero-order valence-corrected chi connectivity index (χ0v) is 20.9. The Morgan fingerprint density at radius 1 is 0.833 bits per heavy atom. The van der Waals surface area contributed by atoms with Crippen LogP contribution in [0.4, 0.5) is 5.69 Å². The lowest BCUT2D eigenvalue weighted by molar-refractivity contribution is 0.451. The Morgan fingerprint density at radius 2 is 1.42 bits per heavy atom. The van der Waals surface area contributed by atoms with Gasteiger partial charge < -0.3 is 5.32 Å². The normalized spacial score (nSPS) is 18.1. The van der Waals surface area contributed by atoms with E-state index in [0.29, 0.717) is 33.3 Å². The standard InChI is InChI=1S/C26H22N2O6S2/c1-16-13-14-19-15-20(17-9-5-3-6-10-17)22-21(18-11-7-4-8-12-18)25(35(29,30)31)26(2,36(32,33)34)28-24(22)23(19)27-16/h3-15,28H,1-2H3,(H,29,30,31)(H,32,33,34). The lowest BCUT2D eigenvalue weighted by Crippen LogP contribution is -2.49. The van der Waals surface area contributed by atoms with E-state index < -0.39 is 30.0 Å². The monoisotopic (exact) mass is 522 g/mol. The molecule has 8 nitrogen and oxygen atoms in total. The molecule has 0 fully saturated rings. The quantitative estimate of drug-likeness (QED) is 0.323. The second-order valence-corrected chi connectivity index (χ2v) is 11.9. The summed E-state index contributed by atoms with van der Waals surface area (Å²) in [6.07, 6.45) is 0. The molecule has 1 aliphatic heterocycles. The lowest BCUT2D eigenvalue weighted by Gasteiger charge is -2.38. The summed E-state index contributed by atoms with van der Waals surface area (Å²) < 4.78 is 72.0. The first-order valence-corrected chi connectivity index (χ1v) is 13.8. The van der Waals surface area contributed by atoms with E-state index in [1.807, 2.05) is 48.5 Å². The summed E-state index contributed by atoms with van der Waals surface area (Å²) in [5.41, 5.74) is 3.22. The van der Waals surface area contributed by atoms with E-state index in [9.17, 15) is 25.9 Å². The van der Waals surface area contributed by atoms with Gasteiger partial charge in [-0.25, -0.2) is 0 Å². The molecule has 1 aliphatic rings. The van der Waals surface area contributed by atoms with Crippen LogP contribution in [-0.2, 0) is 20.2 Å². The number of nitrogens with one attached hydrogen (secondary N) is 1. The Kier molecular flexibility index (Phi) is 5.53. The fraction of sp³-hybridized carbons (Fsp3) is 0.115. The number of hydrogen-bond acceptors (Lipinski definition) is 6. The van der Waals surface area contributed by atoms with Gasteiger partial charge in [0.2, 0.25) is 4.87 Å². The minimum atomic E-state index is -5.16. The molecule has 1 atom stereocenters. The Morgan fingerprint density at radius 3 is 1.97 bits per heavy atom. The summed E-state index contributed by atoms with van der Waals surface area (Å²) in [5.74, 6) is 0. The van der Waals surface area contributed by atoms with Gasteiger partial charge in [0, 0.05) is 22.2 Å². The van der Waals surface area contributed by atoms with Crippen molar-refractivity contribution in [2.45, 2.75) is 18.7 Å². The minimum absolute atomic E-state index is 0.0453. The van der Waals surface area contributed by atoms with Gasteiger partial charge in [0.25, 0.3) is 20.2 Å². The molecule has 3 aromatic carbocycles. The number of hydrogen-bond donors (Lipinski definition) is 3. The molecule has 0 saturated carbocycles. The van der Waals surface area contributed by atoms with E-state index in [0.717, 1.165) is 12.5 Å². The summed E-state index contributed by atoms with van der Waals surface area (Å²) in [7, 11) is -10.3. The summed E-state index contributed by atoms with van der Waals surface area (Å²) in [5, 5.41) is 3.42. The van der Waals surface area contributed by atoms with Crippen LogP contribution in [0.15, 0.2) is 83.8 Å². The first-order chi connectivity index (χ1) is 16.9. The van der Waals surface area contributed by atoms with Crippen molar-refractivity contribution in [3.63, 3.8) is 0 Å². The van der Waals surface area contributed by atoms with Gasteiger partial charge in [-0.15, -0.1) is 0 Å². The third-order valence-electron chi connectivity index (χ3n) is 6.32. The van der Waals surface area contributed by atoms with Crippen LogP contribution in [0.2, 0.25) is 0 Å². The molecule has 184 valence electrons. The number of anilines is 1. The molecule has 0 bridgehead atoms. The van der Waals surface area contributed by atoms with Crippen molar-refractivity contribution in [2.75, 3.05) is 5.32 Å². The minimum Gasteiger partial charge on any atom is -0.358 e. The molecule has 36 heavy (non-hydrogen) atoms. The predicted octanol–water partition coefficient (Wildman–Crippen LogP) is 4.89. The summed E-state index contributed by atoms with van der Waals surface area (Å²) in [6.45, 7) is 2.79. The number of aromatic nitrogens is 1. The van der Waals surface area contributed by atoms with E-state index in [-0.39, 0.29) is 11.3 Å². The second kappa shape index (κ2) is 8.24. The van der Waals surface area contributed by atoms with Gasteiger partial charge >= 0.3 is 0 Å². The highest BCUT2D eigenvalue weighted by Crippen LogP contribution is 2.51. The molecule has 0 amide bonds. The Labute approximate surface area is 208 Å². The molecule has 1 aromatic heterocycles. The average Bonchev–Trinajstić information content (AvgIpc) is 2.82. The van der Waals surface area contributed by atoms with Crippen molar-refractivity contribution in [2.24, 2.45) is 0 Å². The van der Waals surface area contributed by atoms with Crippen LogP contribution in [0, 0.1) is 6.92 Å². The molecule has 2 heterocycles. The van der Waals surface area contributed by atoms with Gasteiger partial charge in [0.1, 0.15) is 4.91 Å². The van der Waals surface area contributed by atoms with Crippen LogP contribution in [-0.4, -0.2) is 35.8 Å². The second-order valence-electron chi connectivity index (χ2n) is 8.74. The summed E-state index contributed by atoms with van der Waals surface area (Å²) in [6, 6.07) is 23.0. The van der Waals surface area contributed by atoms with Crippen LogP contribution < -0.4 is 5.32 Å². The van der Waals surface area contributed by atoms with Crippen molar-refractivity contribution < 1.29 is 25.9 Å². The third-order valence-corrected chi connectivity index (χ3v) is 8.91. The van der Waals surface area contributed by atoms with Crippen molar-refractivity contribution in [1.82, 2.24) is 4.98 Å². The van der Waals surface area contributed by atoms with Gasteiger partial charge in [0.15, 0.2) is 0 Å². The third kappa shape index (κ3) is 3.79. The smallest absolute Gasteiger partial charge is 0.294 e. The van der Waals surface area contributed by atoms with E-state index >= 15 is 0 Å². The Balaban J connectivity index is 2.10. The van der Waals surface area contributed by atoms with Gasteiger partial charge in [0.05, 0.1) is 11.2 Å². The maximum atomic E-state index is 12.9. The number of aryl methyl sites for hydroxylation is 1. The average molecular weight is 523 g/mol. The fourth-order valence-corrected chi connectivity index (χ4v) is 6.90. The van der Waals surface area contributed by atoms with Gasteiger partial charge in [-0.3, -0.25) is 14.1 Å². The molecule has 10 heteroatoms. The largest absolute Gasteiger partial charge is 0.358 e. The van der Waals surface area contributed by atoms with E-state index in [1.54, 1.807) is 37.3 Å². The van der Waals surface area contributed by atoms with Crippen LogP contribution in [0.5, 0.6) is 0 Å². The number of fused-ring (bicyclic) bond motifs is 3. The fourth-order valence-electron chi connectivity index (χ4n) is 4.68. The lowest BCUT2D eigenvalue weighted by atomic mass is 9.84. The zero-order chi connectivity index (χ0) is 25.9. The highest BCUT2D eigenvalue weighted by atomic mass is 32.2. The number of pyridine rings is 1. The van der Waals surface area contributed by atoms with Crippen LogP contribution in [0.1, 0.15) is 23.7 Å². The van der Waals surface area contributed by atoms with Crippen molar-refractivity contribution >= 4 is 42.4 Å². The highest BCUT2D eigenvalue weighted by Gasteiger charge is 2.53. The molecule has 0 radical (unpaired) electrons. The topological polar surface area (TPSA) is 134 Å². The Bertz CT molecular complexity index is 1770. The van der Waals surface area contributed by atoms with E-state index in [1.165, 1.54) is 0 Å².